The third-order valence-electron chi connectivity index (χ3n) is 4.08. The van der Waals surface area contributed by atoms with Crippen LogP contribution in [0.3, 0.4) is 0 Å². The molecule has 0 saturated heterocycles. The van der Waals surface area contributed by atoms with Crippen LogP contribution in [-0.2, 0) is 13.1 Å². The molecule has 1 atom stereocenters. The van der Waals surface area contributed by atoms with Gasteiger partial charge in [0.25, 0.3) is 0 Å². The van der Waals surface area contributed by atoms with Gasteiger partial charge >= 0.3 is 0 Å². The fourth-order valence-electron chi connectivity index (χ4n) is 2.81. The second-order valence-electron chi connectivity index (χ2n) is 6.80. The van der Waals surface area contributed by atoms with Gasteiger partial charge in [-0.3, -0.25) is 0 Å². The highest BCUT2D eigenvalue weighted by molar-refractivity contribution is 5.79. The number of benzene rings is 1. The van der Waals surface area contributed by atoms with Gasteiger partial charge in [0.05, 0.1) is 6.54 Å². The van der Waals surface area contributed by atoms with E-state index in [1.54, 1.807) is 0 Å². The van der Waals surface area contributed by atoms with Crippen LogP contribution in [0.2, 0.25) is 0 Å². The zero-order chi connectivity index (χ0) is 18.5. The van der Waals surface area contributed by atoms with E-state index in [9.17, 15) is 5.11 Å². The first-order valence-electron chi connectivity index (χ1n) is 9.44. The van der Waals surface area contributed by atoms with Gasteiger partial charge in [0, 0.05) is 26.2 Å². The third-order valence-corrected chi connectivity index (χ3v) is 4.08. The van der Waals surface area contributed by atoms with Crippen LogP contribution < -0.4 is 10.6 Å². The largest absolute Gasteiger partial charge is 0.396 e. The molecule has 0 spiro atoms. The van der Waals surface area contributed by atoms with E-state index in [1.165, 1.54) is 11.1 Å². The van der Waals surface area contributed by atoms with E-state index < -0.39 is 0 Å². The summed E-state index contributed by atoms with van der Waals surface area (Å²) in [5, 5.41) is 15.9. The van der Waals surface area contributed by atoms with Gasteiger partial charge in [0.1, 0.15) is 0 Å². The van der Waals surface area contributed by atoms with Crippen LogP contribution in [0.5, 0.6) is 0 Å². The van der Waals surface area contributed by atoms with E-state index in [2.05, 4.69) is 72.7 Å². The molecule has 142 valence electrons. The van der Waals surface area contributed by atoms with E-state index in [0.29, 0.717) is 12.5 Å². The van der Waals surface area contributed by atoms with Crippen LogP contribution >= 0.6 is 0 Å². The Morgan fingerprint density at radius 3 is 2.32 bits per heavy atom. The molecule has 0 heterocycles. The molecule has 0 aliphatic rings. The Hall–Kier alpha value is -1.59. The maximum atomic E-state index is 9.18. The average molecular weight is 349 g/mol. The van der Waals surface area contributed by atoms with Gasteiger partial charge in [0.2, 0.25) is 0 Å². The smallest absolute Gasteiger partial charge is 0.191 e. The molecule has 0 aromatic heterocycles. The van der Waals surface area contributed by atoms with E-state index in [0.717, 1.165) is 44.9 Å². The lowest BCUT2D eigenvalue weighted by molar-refractivity contribution is 0.251. The molecule has 0 radical (unpaired) electrons. The Morgan fingerprint density at radius 2 is 1.76 bits per heavy atom. The zero-order valence-electron chi connectivity index (χ0n) is 16.4. The second-order valence-corrected chi connectivity index (χ2v) is 6.80. The Balaban J connectivity index is 2.59. The molecule has 5 nitrogen and oxygen atoms in total. The van der Waals surface area contributed by atoms with Gasteiger partial charge < -0.3 is 20.6 Å². The summed E-state index contributed by atoms with van der Waals surface area (Å²) in [5.74, 6) is 1.34. The van der Waals surface area contributed by atoms with Crippen LogP contribution in [0.4, 0.5) is 0 Å². The van der Waals surface area contributed by atoms with Crippen molar-refractivity contribution in [3.05, 3.63) is 35.4 Å². The molecule has 0 amide bonds. The molecule has 25 heavy (non-hydrogen) atoms. The number of guanidine groups is 1. The predicted octanol–water partition coefficient (Wildman–Crippen LogP) is 2.60. The van der Waals surface area contributed by atoms with Crippen LogP contribution in [0.1, 0.15) is 44.2 Å². The van der Waals surface area contributed by atoms with Crippen molar-refractivity contribution in [2.24, 2.45) is 10.9 Å². The highest BCUT2D eigenvalue weighted by Gasteiger charge is 2.08. The average Bonchev–Trinajstić information content (AvgIpc) is 2.58. The maximum absolute atomic E-state index is 9.18. The summed E-state index contributed by atoms with van der Waals surface area (Å²) in [6, 6.07) is 8.64. The first-order valence-corrected chi connectivity index (χ1v) is 9.44. The van der Waals surface area contributed by atoms with E-state index in [-0.39, 0.29) is 6.61 Å². The molecular weight excluding hydrogens is 312 g/mol. The maximum Gasteiger partial charge on any atom is 0.191 e. The molecule has 0 aliphatic heterocycles. The number of nitrogens with zero attached hydrogens (tertiary/aromatic N) is 2. The number of hydrogen-bond acceptors (Lipinski definition) is 3. The second kappa shape index (κ2) is 12.7. The molecule has 1 aromatic carbocycles. The normalized spacial score (nSPS) is 13.1. The summed E-state index contributed by atoms with van der Waals surface area (Å²) in [6.45, 7) is 7.81. The first-order chi connectivity index (χ1) is 12.1. The van der Waals surface area contributed by atoms with Gasteiger partial charge in [-0.2, -0.15) is 0 Å². The van der Waals surface area contributed by atoms with Crippen LogP contribution in [0, 0.1) is 5.92 Å². The predicted molar refractivity (Wildman–Crippen MR) is 107 cm³/mol. The summed E-state index contributed by atoms with van der Waals surface area (Å²) in [7, 11) is 4.16. The topological polar surface area (TPSA) is 59.9 Å². The molecule has 1 aromatic rings. The third kappa shape index (κ3) is 9.46. The highest BCUT2D eigenvalue weighted by atomic mass is 16.3. The summed E-state index contributed by atoms with van der Waals surface area (Å²) in [4.78, 5) is 6.85. The lowest BCUT2D eigenvalue weighted by atomic mass is 10.0. The van der Waals surface area contributed by atoms with Crippen molar-refractivity contribution >= 4 is 5.96 Å². The number of hydrogen-bond donors (Lipinski definition) is 3. The molecule has 0 bridgehead atoms. The van der Waals surface area contributed by atoms with E-state index in [4.69, 9.17) is 0 Å². The number of aliphatic imine (C=N–C) groups is 1. The highest BCUT2D eigenvalue weighted by Crippen LogP contribution is 2.10. The Labute approximate surface area is 153 Å². The van der Waals surface area contributed by atoms with Crippen molar-refractivity contribution in [3.63, 3.8) is 0 Å². The minimum atomic E-state index is 0.249. The Morgan fingerprint density at radius 1 is 1.08 bits per heavy atom. The molecule has 0 saturated carbocycles. The summed E-state index contributed by atoms with van der Waals surface area (Å²) in [6.07, 6.45) is 3.10. The van der Waals surface area contributed by atoms with Crippen molar-refractivity contribution in [2.75, 3.05) is 33.8 Å². The molecular formula is C20H36N4O. The minimum absolute atomic E-state index is 0.249. The summed E-state index contributed by atoms with van der Waals surface area (Å²) in [5.41, 5.74) is 2.52. The first kappa shape index (κ1) is 21.5. The van der Waals surface area contributed by atoms with Crippen molar-refractivity contribution in [3.8, 4) is 0 Å². The Kier molecular flexibility index (Phi) is 10.9. The fraction of sp³-hybridized carbons (Fsp3) is 0.650. The van der Waals surface area contributed by atoms with Crippen molar-refractivity contribution in [2.45, 2.75) is 46.2 Å². The van der Waals surface area contributed by atoms with Gasteiger partial charge in [0.15, 0.2) is 5.96 Å². The number of aliphatic hydroxyl groups is 1. The standard InChI is InChI=1S/C20H36N4O/c1-5-7-17(12-13-25)14-22-20(21-6-2)23-15-18-8-10-19(11-9-18)16-24(3)4/h8-11,17,25H,5-7,12-16H2,1-4H3,(H2,21,22,23). The fourth-order valence-corrected chi connectivity index (χ4v) is 2.81. The van der Waals surface area contributed by atoms with Crippen LogP contribution in [0.25, 0.3) is 0 Å². The molecule has 1 unspecified atom stereocenters. The van der Waals surface area contributed by atoms with Crippen molar-refractivity contribution in [1.82, 2.24) is 15.5 Å². The van der Waals surface area contributed by atoms with E-state index in [1.807, 2.05) is 0 Å². The van der Waals surface area contributed by atoms with Crippen LogP contribution in [0.15, 0.2) is 29.3 Å². The number of rotatable bonds is 11. The van der Waals surface area contributed by atoms with E-state index >= 15 is 0 Å². The monoisotopic (exact) mass is 348 g/mol. The lowest BCUT2D eigenvalue weighted by Gasteiger charge is -2.18. The van der Waals surface area contributed by atoms with Crippen molar-refractivity contribution < 1.29 is 5.11 Å². The van der Waals surface area contributed by atoms with Crippen molar-refractivity contribution in [1.29, 1.82) is 0 Å². The molecule has 1 rings (SSSR count). The lowest BCUT2D eigenvalue weighted by Crippen LogP contribution is -2.40. The van der Waals surface area contributed by atoms with Crippen LogP contribution in [-0.4, -0.2) is 49.8 Å². The van der Waals surface area contributed by atoms with Gasteiger partial charge in [-0.15, -0.1) is 0 Å². The molecule has 0 fully saturated rings. The quantitative estimate of drug-likeness (QED) is 0.425. The number of nitrogens with one attached hydrogen (secondary N) is 2. The molecule has 3 N–H and O–H groups in total. The SMILES string of the molecule is CCCC(CCO)CNC(=NCc1ccc(CN(C)C)cc1)NCC. The minimum Gasteiger partial charge on any atom is -0.396 e. The van der Waals surface area contributed by atoms with Gasteiger partial charge in [-0.1, -0.05) is 37.6 Å². The summed E-state index contributed by atoms with van der Waals surface area (Å²) >= 11 is 0. The van der Waals surface area contributed by atoms with Gasteiger partial charge in [-0.05, 0) is 50.9 Å². The Bertz CT molecular complexity index is 479. The van der Waals surface area contributed by atoms with Gasteiger partial charge in [-0.25, -0.2) is 4.99 Å². The summed E-state index contributed by atoms with van der Waals surface area (Å²) < 4.78 is 0. The molecule has 0 aliphatic carbocycles. The molecule has 5 heteroatoms. The number of aliphatic hydroxyl groups excluding tert-OH is 1. The zero-order valence-corrected chi connectivity index (χ0v) is 16.4.